The number of carbonyl (C=O) groups is 2. The highest BCUT2D eigenvalue weighted by Gasteiger charge is 2.49. The van der Waals surface area contributed by atoms with Crippen LogP contribution in [0.4, 0.5) is 0 Å². The lowest BCUT2D eigenvalue weighted by Gasteiger charge is -2.19. The van der Waals surface area contributed by atoms with Crippen molar-refractivity contribution in [2.75, 3.05) is 13.2 Å². The molecule has 2 aromatic rings. The zero-order valence-corrected chi connectivity index (χ0v) is 13.9. The van der Waals surface area contributed by atoms with Crippen molar-refractivity contribution in [1.82, 2.24) is 4.73 Å². The second-order valence-corrected chi connectivity index (χ2v) is 5.69. The molecule has 1 aliphatic rings. The molecule has 1 aromatic carbocycles. The standard InChI is InChI=1S/C17H18N2O6/c1-3-24-16(20)10-9-11(17(21)25-4-2)15-14(10)18(22)12-7-5-6-8-13(12)19(15)23/h5-8,10-11H,3-4,9H2,1-2H3. The van der Waals surface area contributed by atoms with Gasteiger partial charge in [-0.3, -0.25) is 9.59 Å². The number of para-hydroxylation sites is 2. The number of fused-ring (bicyclic) bond motifs is 2. The Labute approximate surface area is 143 Å². The van der Waals surface area contributed by atoms with Gasteiger partial charge in [0.05, 0.1) is 17.6 Å². The molecule has 0 saturated carbocycles. The summed E-state index contributed by atoms with van der Waals surface area (Å²) in [4.78, 5) is 37.4. The first kappa shape index (κ1) is 16.9. The maximum atomic E-state index is 12.8. The fourth-order valence-electron chi connectivity index (χ4n) is 3.28. The van der Waals surface area contributed by atoms with Crippen molar-refractivity contribution in [2.24, 2.45) is 0 Å². The Morgan fingerprint density at radius 2 is 1.76 bits per heavy atom. The van der Waals surface area contributed by atoms with E-state index in [0.29, 0.717) is 9.16 Å². The van der Waals surface area contributed by atoms with Gasteiger partial charge in [0.25, 0.3) is 11.2 Å². The third kappa shape index (κ3) is 2.63. The van der Waals surface area contributed by atoms with Crippen LogP contribution < -0.4 is 4.43 Å². The minimum absolute atomic E-state index is 0.0200. The summed E-state index contributed by atoms with van der Waals surface area (Å²) in [7, 11) is 0. The van der Waals surface area contributed by atoms with E-state index in [1.54, 1.807) is 26.0 Å². The van der Waals surface area contributed by atoms with Gasteiger partial charge in [0.15, 0.2) is 0 Å². The average Bonchev–Trinajstić information content (AvgIpc) is 3.01. The second kappa shape index (κ2) is 6.54. The van der Waals surface area contributed by atoms with Gasteiger partial charge in [-0.1, -0.05) is 12.1 Å². The van der Waals surface area contributed by atoms with Crippen LogP contribution >= 0.6 is 0 Å². The predicted molar refractivity (Wildman–Crippen MR) is 87.4 cm³/mol. The molecule has 0 saturated heterocycles. The Hall–Kier alpha value is -2.90. The number of carbonyl (C=O) groups excluding carboxylic acids is 2. The number of hydrogen-bond acceptors (Lipinski definition) is 6. The summed E-state index contributed by atoms with van der Waals surface area (Å²) < 4.78 is 11.2. The van der Waals surface area contributed by atoms with E-state index in [-0.39, 0.29) is 42.1 Å². The lowest BCUT2D eigenvalue weighted by molar-refractivity contribution is -0.476. The summed E-state index contributed by atoms with van der Waals surface area (Å²) in [6, 6.07) is 6.24. The molecule has 1 aliphatic carbocycles. The molecule has 0 fully saturated rings. The van der Waals surface area contributed by atoms with Crippen LogP contribution in [0.15, 0.2) is 24.3 Å². The van der Waals surface area contributed by atoms with Crippen molar-refractivity contribution in [2.45, 2.75) is 32.1 Å². The Kier molecular flexibility index (Phi) is 4.43. The first-order valence-electron chi connectivity index (χ1n) is 8.12. The summed E-state index contributed by atoms with van der Waals surface area (Å²) in [6.07, 6.45) is -0.0200. The molecule has 132 valence electrons. The van der Waals surface area contributed by atoms with Crippen molar-refractivity contribution in [3.05, 3.63) is 45.8 Å². The molecule has 0 aliphatic heterocycles. The molecule has 0 spiro atoms. The highest BCUT2D eigenvalue weighted by molar-refractivity contribution is 5.86. The van der Waals surface area contributed by atoms with Gasteiger partial charge in [0.2, 0.25) is 0 Å². The molecule has 3 rings (SSSR count). The first-order chi connectivity index (χ1) is 12.0. The van der Waals surface area contributed by atoms with Gasteiger partial charge < -0.3 is 19.4 Å². The van der Waals surface area contributed by atoms with Gasteiger partial charge in [-0.05, 0) is 26.3 Å². The maximum Gasteiger partial charge on any atom is 0.319 e. The zero-order chi connectivity index (χ0) is 18.1. The van der Waals surface area contributed by atoms with Crippen LogP contribution in [0.2, 0.25) is 0 Å². The monoisotopic (exact) mass is 346 g/mol. The number of rotatable bonds is 4. The summed E-state index contributed by atoms with van der Waals surface area (Å²) in [6.45, 7) is 3.57. The SMILES string of the molecule is CCOC(=O)C1CC(C(=O)OCC)c2c1n([O-])c1ccccc1[n+]2=O. The second-order valence-electron chi connectivity index (χ2n) is 5.69. The van der Waals surface area contributed by atoms with Gasteiger partial charge in [0, 0.05) is 11.0 Å². The van der Waals surface area contributed by atoms with Crippen molar-refractivity contribution in [3.8, 4) is 0 Å². The first-order valence-corrected chi connectivity index (χ1v) is 8.12. The van der Waals surface area contributed by atoms with Crippen molar-refractivity contribution in [1.29, 1.82) is 0 Å². The van der Waals surface area contributed by atoms with E-state index in [1.165, 1.54) is 12.1 Å². The third-order valence-electron chi connectivity index (χ3n) is 4.29. The van der Waals surface area contributed by atoms with Crippen molar-refractivity contribution < 1.29 is 23.5 Å². The highest BCUT2D eigenvalue weighted by Crippen LogP contribution is 2.42. The summed E-state index contributed by atoms with van der Waals surface area (Å²) >= 11 is 0. The quantitative estimate of drug-likeness (QED) is 0.615. The fraction of sp³-hybridized carbons (Fsp3) is 0.412. The van der Waals surface area contributed by atoms with Gasteiger partial charge in [-0.2, -0.15) is 0 Å². The minimum atomic E-state index is -0.980. The van der Waals surface area contributed by atoms with Crippen LogP contribution in [-0.2, 0) is 19.1 Å². The smallest absolute Gasteiger partial charge is 0.319 e. The lowest BCUT2D eigenvalue weighted by atomic mass is 10.0. The van der Waals surface area contributed by atoms with Gasteiger partial charge in [-0.15, -0.1) is 0 Å². The molecule has 0 bridgehead atoms. The molecule has 2 atom stereocenters. The van der Waals surface area contributed by atoms with E-state index in [9.17, 15) is 19.7 Å². The van der Waals surface area contributed by atoms with Crippen LogP contribution in [0.25, 0.3) is 11.0 Å². The number of aromatic nitrogens is 2. The van der Waals surface area contributed by atoms with E-state index in [1.807, 2.05) is 0 Å². The lowest BCUT2D eigenvalue weighted by Crippen LogP contribution is -2.30. The molecule has 8 nitrogen and oxygen atoms in total. The molecular weight excluding hydrogens is 328 g/mol. The Balaban J connectivity index is 2.27. The largest absolute Gasteiger partial charge is 0.805 e. The summed E-state index contributed by atoms with van der Waals surface area (Å²) in [5.41, 5.74) is 0.195. The summed E-state index contributed by atoms with van der Waals surface area (Å²) in [5.74, 6) is -3.22. The van der Waals surface area contributed by atoms with Crippen LogP contribution in [0, 0.1) is 10.1 Å². The Bertz CT molecular complexity index is 904. The minimum Gasteiger partial charge on any atom is -0.805 e. The summed E-state index contributed by atoms with van der Waals surface area (Å²) in [5, 5.41) is 12.8. The van der Waals surface area contributed by atoms with E-state index in [2.05, 4.69) is 0 Å². The van der Waals surface area contributed by atoms with E-state index >= 15 is 0 Å². The van der Waals surface area contributed by atoms with Crippen LogP contribution in [0.1, 0.15) is 43.5 Å². The molecule has 1 aromatic heterocycles. The fourth-order valence-corrected chi connectivity index (χ4v) is 3.28. The van der Waals surface area contributed by atoms with Crippen molar-refractivity contribution in [3.63, 3.8) is 0 Å². The molecule has 8 heteroatoms. The van der Waals surface area contributed by atoms with Gasteiger partial charge in [0.1, 0.15) is 23.0 Å². The van der Waals surface area contributed by atoms with Gasteiger partial charge >= 0.3 is 11.9 Å². The van der Waals surface area contributed by atoms with Gasteiger partial charge in [-0.25, -0.2) is 0 Å². The van der Waals surface area contributed by atoms with Crippen LogP contribution in [0.3, 0.4) is 0 Å². The number of ether oxygens (including phenoxy) is 2. The number of esters is 2. The van der Waals surface area contributed by atoms with E-state index < -0.39 is 23.8 Å². The zero-order valence-electron chi connectivity index (χ0n) is 13.9. The Morgan fingerprint density at radius 3 is 2.40 bits per heavy atom. The van der Waals surface area contributed by atoms with E-state index in [4.69, 9.17) is 9.47 Å². The third-order valence-corrected chi connectivity index (χ3v) is 4.29. The van der Waals surface area contributed by atoms with Crippen LogP contribution in [-0.4, -0.2) is 29.9 Å². The molecule has 1 heterocycles. The molecule has 25 heavy (non-hydrogen) atoms. The van der Waals surface area contributed by atoms with Crippen LogP contribution in [0.5, 0.6) is 0 Å². The average molecular weight is 346 g/mol. The predicted octanol–water partition coefficient (Wildman–Crippen LogP) is 1.60. The number of hydrogen-bond donors (Lipinski definition) is 0. The molecular formula is C17H18N2O6. The number of benzene rings is 1. The molecule has 0 radical (unpaired) electrons. The highest BCUT2D eigenvalue weighted by atomic mass is 16.5. The number of nitrogens with zero attached hydrogens (tertiary/aromatic N) is 2. The Morgan fingerprint density at radius 1 is 1.16 bits per heavy atom. The normalized spacial score (nSPS) is 18.8. The molecule has 2 unspecified atom stereocenters. The molecule has 0 N–H and O–H groups in total. The van der Waals surface area contributed by atoms with Crippen molar-refractivity contribution >= 4 is 23.0 Å². The van der Waals surface area contributed by atoms with E-state index in [0.717, 1.165) is 0 Å². The maximum absolute atomic E-state index is 12.8. The topological polar surface area (TPSA) is 104 Å². The molecule has 0 amide bonds.